The molecule has 3 fully saturated rings. The third-order valence-electron chi connectivity index (χ3n) is 8.43. The van der Waals surface area contributed by atoms with Gasteiger partial charge in [-0.05, 0) is 73.2 Å². The van der Waals surface area contributed by atoms with E-state index in [1.54, 1.807) is 20.7 Å². The maximum Gasteiger partial charge on any atom is 0.282 e. The molecule has 0 radical (unpaired) electrons. The Bertz CT molecular complexity index is 1380. The lowest BCUT2D eigenvalue weighted by atomic mass is 9.95. The number of halogens is 1. The smallest absolute Gasteiger partial charge is 0.282 e. The van der Waals surface area contributed by atoms with E-state index in [1.165, 1.54) is 37.8 Å². The molecule has 6 rings (SSSR count). The summed E-state index contributed by atoms with van der Waals surface area (Å²) in [5, 5.41) is 5.59. The monoisotopic (exact) mass is 541 g/mol. The average Bonchev–Trinajstić information content (AvgIpc) is 3.59. The first-order valence-electron chi connectivity index (χ1n) is 13.7. The van der Waals surface area contributed by atoms with Crippen LogP contribution in [0.4, 0.5) is 4.39 Å². The van der Waals surface area contributed by atoms with Crippen LogP contribution in [0.25, 0.3) is 16.6 Å². The van der Waals surface area contributed by atoms with Gasteiger partial charge in [0.2, 0.25) is 0 Å². The quantitative estimate of drug-likeness (QED) is 0.474. The van der Waals surface area contributed by atoms with Gasteiger partial charge in [0.25, 0.3) is 10.2 Å². The zero-order chi connectivity index (χ0) is 26.3. The molecule has 2 aliphatic heterocycles. The molecule has 1 atom stereocenters. The Morgan fingerprint density at radius 3 is 2.47 bits per heavy atom. The van der Waals surface area contributed by atoms with E-state index in [2.05, 4.69) is 29.1 Å². The summed E-state index contributed by atoms with van der Waals surface area (Å²) < 4.78 is 51.2. The standard InChI is InChI=1S/C28H36FN5O3S/c1-21-16-27-23(18-30-34(27)25-8-6-24(29)7-9-25)17-26(21)28-20-33(38(35,36)32-12-14-37-15-13-32)11-10-31(28)19-22-4-2-3-5-22/h6-9,16-18,22,28H,2-5,10-15,19-20H2,1H3/t28-/m0/s1. The van der Waals surface area contributed by atoms with E-state index in [9.17, 15) is 12.8 Å². The fourth-order valence-corrected chi connectivity index (χ4v) is 7.91. The summed E-state index contributed by atoms with van der Waals surface area (Å²) in [6.45, 7) is 6.46. The molecule has 2 aromatic carbocycles. The fourth-order valence-electron chi connectivity index (χ4n) is 6.33. The van der Waals surface area contributed by atoms with Crippen molar-refractivity contribution in [1.82, 2.24) is 23.3 Å². The Kier molecular flexibility index (Phi) is 7.26. The molecule has 10 heteroatoms. The largest absolute Gasteiger partial charge is 0.379 e. The molecule has 0 bridgehead atoms. The predicted molar refractivity (Wildman–Crippen MR) is 145 cm³/mol. The second-order valence-corrected chi connectivity index (χ2v) is 12.8. The molecule has 2 saturated heterocycles. The van der Waals surface area contributed by atoms with Gasteiger partial charge in [0.05, 0.1) is 30.6 Å². The molecular formula is C28H36FN5O3S. The van der Waals surface area contributed by atoms with Gasteiger partial charge in [-0.2, -0.15) is 22.1 Å². The minimum atomic E-state index is -3.55. The Hall–Kier alpha value is -2.37. The summed E-state index contributed by atoms with van der Waals surface area (Å²) in [6.07, 6.45) is 6.92. The molecule has 8 nitrogen and oxygen atoms in total. The number of rotatable bonds is 6. The van der Waals surface area contributed by atoms with E-state index < -0.39 is 10.2 Å². The van der Waals surface area contributed by atoms with Gasteiger partial charge in [-0.1, -0.05) is 12.8 Å². The first-order valence-corrected chi connectivity index (χ1v) is 15.1. The summed E-state index contributed by atoms with van der Waals surface area (Å²) in [5.74, 6) is 0.394. The molecule has 3 aliphatic rings. The van der Waals surface area contributed by atoms with E-state index in [4.69, 9.17) is 4.74 Å². The molecule has 3 heterocycles. The summed E-state index contributed by atoms with van der Waals surface area (Å²) in [5.41, 5.74) is 4.01. The molecule has 0 unspecified atom stereocenters. The van der Waals surface area contributed by atoms with Crippen molar-refractivity contribution in [3.05, 3.63) is 59.5 Å². The number of benzene rings is 2. The minimum absolute atomic E-state index is 0.0289. The van der Waals surface area contributed by atoms with Gasteiger partial charge in [-0.25, -0.2) is 9.07 Å². The Balaban J connectivity index is 1.34. The summed E-state index contributed by atoms with van der Waals surface area (Å²) in [4.78, 5) is 2.51. The predicted octanol–water partition coefficient (Wildman–Crippen LogP) is 3.90. The number of hydrogen-bond donors (Lipinski definition) is 0. The van der Waals surface area contributed by atoms with Crippen molar-refractivity contribution in [2.75, 3.05) is 52.5 Å². The number of fused-ring (bicyclic) bond motifs is 1. The van der Waals surface area contributed by atoms with Crippen molar-refractivity contribution < 1.29 is 17.5 Å². The molecule has 0 amide bonds. The number of ether oxygens (including phenoxy) is 1. The number of aromatic nitrogens is 2. The van der Waals surface area contributed by atoms with Gasteiger partial charge in [0.1, 0.15) is 5.82 Å². The second kappa shape index (κ2) is 10.7. The highest BCUT2D eigenvalue weighted by molar-refractivity contribution is 7.86. The highest BCUT2D eigenvalue weighted by Crippen LogP contribution is 2.35. The average molecular weight is 542 g/mol. The number of morpholine rings is 1. The second-order valence-electron chi connectivity index (χ2n) is 10.8. The van der Waals surface area contributed by atoms with Crippen molar-refractivity contribution >= 4 is 21.1 Å². The maximum atomic E-state index is 13.6. The minimum Gasteiger partial charge on any atom is -0.379 e. The van der Waals surface area contributed by atoms with Crippen molar-refractivity contribution in [2.45, 2.75) is 38.6 Å². The molecule has 0 N–H and O–H groups in total. The molecular weight excluding hydrogens is 505 g/mol. The third kappa shape index (κ3) is 5.00. The number of aryl methyl sites for hydroxylation is 1. The molecule has 204 valence electrons. The summed E-state index contributed by atoms with van der Waals surface area (Å²) >= 11 is 0. The van der Waals surface area contributed by atoms with Gasteiger partial charge in [0, 0.05) is 50.7 Å². The number of nitrogens with zero attached hydrogens (tertiary/aromatic N) is 5. The molecule has 38 heavy (non-hydrogen) atoms. The first-order chi connectivity index (χ1) is 18.4. The van der Waals surface area contributed by atoms with Crippen molar-refractivity contribution in [3.63, 3.8) is 0 Å². The molecule has 1 saturated carbocycles. The molecule has 0 spiro atoms. The number of piperazine rings is 1. The fraction of sp³-hybridized carbons (Fsp3) is 0.536. The molecule has 1 aliphatic carbocycles. The van der Waals surface area contributed by atoms with Crippen molar-refractivity contribution in [2.24, 2.45) is 5.92 Å². The molecule has 1 aromatic heterocycles. The van der Waals surface area contributed by atoms with Crippen LogP contribution in [-0.4, -0.2) is 84.2 Å². The highest BCUT2D eigenvalue weighted by atomic mass is 32.2. The van der Waals surface area contributed by atoms with Crippen LogP contribution in [0.5, 0.6) is 0 Å². The topological polar surface area (TPSA) is 70.9 Å². The van der Waals surface area contributed by atoms with E-state index >= 15 is 0 Å². The normalized spacial score (nSPS) is 22.9. The van der Waals surface area contributed by atoms with Crippen LogP contribution in [0.2, 0.25) is 0 Å². The van der Waals surface area contributed by atoms with Crippen LogP contribution < -0.4 is 0 Å². The van der Waals surface area contributed by atoms with Crippen molar-refractivity contribution in [1.29, 1.82) is 0 Å². The van der Waals surface area contributed by atoms with Crippen LogP contribution in [0.3, 0.4) is 0 Å². The highest BCUT2D eigenvalue weighted by Gasteiger charge is 2.39. The zero-order valence-corrected chi connectivity index (χ0v) is 22.7. The Morgan fingerprint density at radius 2 is 1.74 bits per heavy atom. The van der Waals surface area contributed by atoms with Crippen LogP contribution in [-0.2, 0) is 14.9 Å². The lowest BCUT2D eigenvalue weighted by Crippen LogP contribution is -2.56. The van der Waals surface area contributed by atoms with Gasteiger partial charge >= 0.3 is 0 Å². The SMILES string of the molecule is Cc1cc2c(cnn2-c2ccc(F)cc2)cc1[C@@H]1CN(S(=O)(=O)N2CCOCC2)CCN1CC1CCCC1. The van der Waals surface area contributed by atoms with E-state index in [-0.39, 0.29) is 11.9 Å². The van der Waals surface area contributed by atoms with Gasteiger partial charge in [0.15, 0.2) is 0 Å². The maximum absolute atomic E-state index is 13.6. The van der Waals surface area contributed by atoms with E-state index in [1.807, 2.05) is 10.9 Å². The van der Waals surface area contributed by atoms with Gasteiger partial charge < -0.3 is 4.74 Å². The van der Waals surface area contributed by atoms with E-state index in [0.717, 1.165) is 40.8 Å². The first kappa shape index (κ1) is 25.9. The third-order valence-corrected chi connectivity index (χ3v) is 10.4. The van der Waals surface area contributed by atoms with Gasteiger partial charge in [-0.3, -0.25) is 4.90 Å². The summed E-state index contributed by atoms with van der Waals surface area (Å²) in [6, 6.07) is 10.6. The van der Waals surface area contributed by atoms with Crippen molar-refractivity contribution in [3.8, 4) is 5.69 Å². The van der Waals surface area contributed by atoms with Crippen LogP contribution >= 0.6 is 0 Å². The summed E-state index contributed by atoms with van der Waals surface area (Å²) in [7, 11) is -3.55. The molecule has 3 aromatic rings. The lowest BCUT2D eigenvalue weighted by molar-refractivity contribution is 0.0631. The van der Waals surface area contributed by atoms with Crippen LogP contribution in [0, 0.1) is 18.7 Å². The zero-order valence-electron chi connectivity index (χ0n) is 21.9. The Morgan fingerprint density at radius 1 is 1.00 bits per heavy atom. The van der Waals surface area contributed by atoms with E-state index in [0.29, 0.717) is 45.3 Å². The van der Waals surface area contributed by atoms with Gasteiger partial charge in [-0.15, -0.1) is 0 Å². The number of hydrogen-bond acceptors (Lipinski definition) is 5. The Labute approximate surface area is 224 Å². The van der Waals surface area contributed by atoms with Crippen LogP contribution in [0.15, 0.2) is 42.6 Å². The van der Waals surface area contributed by atoms with Crippen LogP contribution in [0.1, 0.15) is 42.9 Å². The lowest BCUT2D eigenvalue weighted by Gasteiger charge is -2.44.